The summed E-state index contributed by atoms with van der Waals surface area (Å²) in [5.74, 6) is 0. The number of hydrogen-bond acceptors (Lipinski definition) is 1. The van der Waals surface area contributed by atoms with Crippen molar-refractivity contribution in [1.82, 2.24) is 5.32 Å². The van der Waals surface area contributed by atoms with Crippen LogP contribution in [-0.4, -0.2) is 6.03 Å². The third-order valence-corrected chi connectivity index (χ3v) is 3.82. The molecule has 0 fully saturated rings. The molecule has 3 rings (SSSR count). The van der Waals surface area contributed by atoms with Crippen LogP contribution in [0.25, 0.3) is 11.1 Å². The average molecular weight is 316 g/mol. The monoisotopic (exact) mass is 316 g/mol. The number of rotatable bonds is 4. The number of urea groups is 1. The van der Waals surface area contributed by atoms with Crippen LogP contribution in [-0.2, 0) is 6.54 Å². The molecular formula is C21H20N2O. The van der Waals surface area contributed by atoms with E-state index in [1.54, 1.807) is 0 Å². The molecular weight excluding hydrogens is 296 g/mol. The fourth-order valence-electron chi connectivity index (χ4n) is 2.44. The molecule has 24 heavy (non-hydrogen) atoms. The van der Waals surface area contributed by atoms with Crippen molar-refractivity contribution in [3.8, 4) is 11.1 Å². The van der Waals surface area contributed by atoms with E-state index >= 15 is 0 Å². The summed E-state index contributed by atoms with van der Waals surface area (Å²) in [7, 11) is 0. The van der Waals surface area contributed by atoms with Gasteiger partial charge < -0.3 is 10.6 Å². The van der Waals surface area contributed by atoms with Gasteiger partial charge >= 0.3 is 6.03 Å². The number of hydrogen-bond donors (Lipinski definition) is 2. The van der Waals surface area contributed by atoms with E-state index in [-0.39, 0.29) is 6.03 Å². The molecule has 0 atom stereocenters. The third-order valence-electron chi connectivity index (χ3n) is 3.82. The summed E-state index contributed by atoms with van der Waals surface area (Å²) < 4.78 is 0. The van der Waals surface area contributed by atoms with Gasteiger partial charge in [-0.15, -0.1) is 0 Å². The minimum Gasteiger partial charge on any atom is -0.334 e. The molecule has 3 aromatic rings. The van der Waals surface area contributed by atoms with Crippen molar-refractivity contribution in [1.29, 1.82) is 0 Å². The number of carbonyl (C=O) groups excluding carboxylic acids is 1. The Bertz CT molecular complexity index is 794. The second kappa shape index (κ2) is 7.47. The van der Waals surface area contributed by atoms with Gasteiger partial charge in [-0.05, 0) is 35.7 Å². The number of carbonyl (C=O) groups is 1. The molecule has 3 heteroatoms. The Morgan fingerprint density at radius 3 is 2.08 bits per heavy atom. The van der Waals surface area contributed by atoms with Crippen LogP contribution in [0.3, 0.4) is 0 Å². The van der Waals surface area contributed by atoms with Crippen LogP contribution in [0, 0.1) is 6.92 Å². The minimum absolute atomic E-state index is 0.206. The number of anilines is 1. The summed E-state index contributed by atoms with van der Waals surface area (Å²) in [6, 6.07) is 25.9. The lowest BCUT2D eigenvalue weighted by Crippen LogP contribution is -2.28. The molecule has 0 aliphatic carbocycles. The highest BCUT2D eigenvalue weighted by Gasteiger charge is 2.02. The molecule has 0 saturated heterocycles. The van der Waals surface area contributed by atoms with E-state index < -0.39 is 0 Å². The van der Waals surface area contributed by atoms with Crippen molar-refractivity contribution in [3.63, 3.8) is 0 Å². The normalized spacial score (nSPS) is 10.2. The maximum atomic E-state index is 12.0. The van der Waals surface area contributed by atoms with Crippen LogP contribution in [0.2, 0.25) is 0 Å². The first-order valence-electron chi connectivity index (χ1n) is 7.96. The molecule has 0 radical (unpaired) electrons. The van der Waals surface area contributed by atoms with Gasteiger partial charge in [0.15, 0.2) is 0 Å². The van der Waals surface area contributed by atoms with Gasteiger partial charge in [-0.3, -0.25) is 0 Å². The summed E-state index contributed by atoms with van der Waals surface area (Å²) in [6.07, 6.45) is 0. The lowest BCUT2D eigenvalue weighted by molar-refractivity contribution is 0.251. The lowest BCUT2D eigenvalue weighted by atomic mass is 10.1. The first-order chi connectivity index (χ1) is 11.7. The zero-order valence-corrected chi connectivity index (χ0v) is 13.6. The smallest absolute Gasteiger partial charge is 0.319 e. The molecule has 0 unspecified atom stereocenters. The highest BCUT2D eigenvalue weighted by molar-refractivity contribution is 5.89. The number of amides is 2. The lowest BCUT2D eigenvalue weighted by Gasteiger charge is -2.09. The van der Waals surface area contributed by atoms with E-state index in [9.17, 15) is 4.79 Å². The van der Waals surface area contributed by atoms with Crippen molar-refractivity contribution < 1.29 is 4.79 Å². The van der Waals surface area contributed by atoms with Gasteiger partial charge in [-0.1, -0.05) is 72.3 Å². The van der Waals surface area contributed by atoms with E-state index in [2.05, 4.69) is 22.8 Å². The molecule has 3 nitrogen and oxygen atoms in total. The summed E-state index contributed by atoms with van der Waals surface area (Å²) in [4.78, 5) is 12.0. The van der Waals surface area contributed by atoms with Crippen molar-refractivity contribution in [2.75, 3.05) is 5.32 Å². The third kappa shape index (κ3) is 4.23. The summed E-state index contributed by atoms with van der Waals surface area (Å²) >= 11 is 0. The van der Waals surface area contributed by atoms with E-state index in [0.717, 1.165) is 22.4 Å². The fourth-order valence-corrected chi connectivity index (χ4v) is 2.44. The Morgan fingerprint density at radius 1 is 0.792 bits per heavy atom. The topological polar surface area (TPSA) is 41.1 Å². The summed E-state index contributed by atoms with van der Waals surface area (Å²) in [5.41, 5.74) is 5.35. The van der Waals surface area contributed by atoms with Crippen LogP contribution >= 0.6 is 0 Å². The van der Waals surface area contributed by atoms with E-state index in [0.29, 0.717) is 6.54 Å². The van der Waals surface area contributed by atoms with E-state index in [1.165, 1.54) is 5.56 Å². The first kappa shape index (κ1) is 15.8. The molecule has 2 N–H and O–H groups in total. The van der Waals surface area contributed by atoms with Gasteiger partial charge in [0.25, 0.3) is 0 Å². The van der Waals surface area contributed by atoms with E-state index in [4.69, 9.17) is 0 Å². The van der Waals surface area contributed by atoms with Gasteiger partial charge in [-0.2, -0.15) is 0 Å². The zero-order valence-electron chi connectivity index (χ0n) is 13.6. The second-order valence-electron chi connectivity index (χ2n) is 5.74. The van der Waals surface area contributed by atoms with Crippen LogP contribution in [0.15, 0.2) is 78.9 Å². The fraction of sp³-hybridized carbons (Fsp3) is 0.0952. The van der Waals surface area contributed by atoms with Crippen LogP contribution < -0.4 is 10.6 Å². The quantitative estimate of drug-likeness (QED) is 0.700. The number of aryl methyl sites for hydroxylation is 1. The summed E-state index contributed by atoms with van der Waals surface area (Å²) in [6.45, 7) is 2.55. The Hall–Kier alpha value is -3.07. The predicted molar refractivity (Wildman–Crippen MR) is 98.9 cm³/mol. The van der Waals surface area contributed by atoms with Crippen molar-refractivity contribution in [2.45, 2.75) is 13.5 Å². The van der Waals surface area contributed by atoms with Crippen LogP contribution in [0.4, 0.5) is 10.5 Å². The van der Waals surface area contributed by atoms with Crippen molar-refractivity contribution >= 4 is 11.7 Å². The molecule has 2 amide bonds. The maximum absolute atomic E-state index is 12.0. The SMILES string of the molecule is Cc1ccc(CNC(=O)Nc2ccc(-c3ccccc3)cc2)cc1. The van der Waals surface area contributed by atoms with E-state index in [1.807, 2.05) is 73.7 Å². The second-order valence-corrected chi connectivity index (χ2v) is 5.74. The van der Waals surface area contributed by atoms with Gasteiger partial charge in [0.1, 0.15) is 0 Å². The minimum atomic E-state index is -0.206. The van der Waals surface area contributed by atoms with Gasteiger partial charge in [0.2, 0.25) is 0 Å². The molecule has 120 valence electrons. The molecule has 0 aromatic heterocycles. The van der Waals surface area contributed by atoms with Gasteiger partial charge in [0, 0.05) is 12.2 Å². The number of nitrogens with one attached hydrogen (secondary N) is 2. The zero-order chi connectivity index (χ0) is 16.8. The molecule has 3 aromatic carbocycles. The Kier molecular flexibility index (Phi) is 4.92. The Labute approximate surface area is 142 Å². The molecule has 0 aliphatic heterocycles. The highest BCUT2D eigenvalue weighted by atomic mass is 16.2. The summed E-state index contributed by atoms with van der Waals surface area (Å²) in [5, 5.41) is 5.72. The predicted octanol–water partition coefficient (Wildman–Crippen LogP) is 4.98. The molecule has 0 aliphatic rings. The molecule has 0 saturated carbocycles. The molecule has 0 heterocycles. The van der Waals surface area contributed by atoms with Gasteiger partial charge in [0.05, 0.1) is 0 Å². The molecule has 0 bridgehead atoms. The standard InChI is InChI=1S/C21H20N2O/c1-16-7-9-17(10-8-16)15-22-21(24)23-20-13-11-19(12-14-20)18-5-3-2-4-6-18/h2-14H,15H2,1H3,(H2,22,23,24). The largest absolute Gasteiger partial charge is 0.334 e. The van der Waals surface area contributed by atoms with Crippen LogP contribution in [0.1, 0.15) is 11.1 Å². The van der Waals surface area contributed by atoms with Crippen molar-refractivity contribution in [2.24, 2.45) is 0 Å². The Morgan fingerprint density at radius 2 is 1.42 bits per heavy atom. The first-order valence-corrected chi connectivity index (χ1v) is 7.96. The maximum Gasteiger partial charge on any atom is 0.319 e. The van der Waals surface area contributed by atoms with Gasteiger partial charge in [-0.25, -0.2) is 4.79 Å². The number of benzene rings is 3. The van der Waals surface area contributed by atoms with Crippen LogP contribution in [0.5, 0.6) is 0 Å². The average Bonchev–Trinajstić information content (AvgIpc) is 2.63. The highest BCUT2D eigenvalue weighted by Crippen LogP contribution is 2.20. The molecule has 0 spiro atoms. The van der Waals surface area contributed by atoms with Crippen molar-refractivity contribution in [3.05, 3.63) is 90.0 Å². The Balaban J connectivity index is 1.55.